The van der Waals surface area contributed by atoms with Crippen LogP contribution in [0.4, 0.5) is 0 Å². The summed E-state index contributed by atoms with van der Waals surface area (Å²) in [7, 11) is 1.76. The van der Waals surface area contributed by atoms with E-state index < -0.39 is 0 Å². The van der Waals surface area contributed by atoms with E-state index in [0.29, 0.717) is 12.0 Å². The highest BCUT2D eigenvalue weighted by atomic mass is 16.5. The minimum absolute atomic E-state index is 0.545. The molecule has 1 heterocycles. The van der Waals surface area contributed by atoms with Crippen LogP contribution in [0.15, 0.2) is 0 Å². The average molecular weight is 200 g/mol. The molecule has 1 aliphatic heterocycles. The molecule has 3 heteroatoms. The summed E-state index contributed by atoms with van der Waals surface area (Å²) >= 11 is 0. The van der Waals surface area contributed by atoms with Gasteiger partial charge in [0.1, 0.15) is 0 Å². The third kappa shape index (κ3) is 2.94. The van der Waals surface area contributed by atoms with E-state index in [1.165, 1.54) is 19.5 Å². The smallest absolute Gasteiger partial charge is 0.0505 e. The van der Waals surface area contributed by atoms with Crippen LogP contribution in [0.2, 0.25) is 0 Å². The Morgan fingerprint density at radius 1 is 1.50 bits per heavy atom. The Bertz CT molecular complexity index is 161. The molecule has 1 aliphatic rings. The summed E-state index contributed by atoms with van der Waals surface area (Å²) in [4.78, 5) is 2.53. The fourth-order valence-corrected chi connectivity index (χ4v) is 2.28. The number of nitrogens with two attached hydrogens (primary N) is 1. The molecule has 0 spiro atoms. The molecule has 0 bridgehead atoms. The van der Waals surface area contributed by atoms with Gasteiger partial charge in [0.25, 0.3) is 0 Å². The molecule has 0 radical (unpaired) electrons. The number of likely N-dealkylation sites (tertiary alicyclic amines) is 1. The Hall–Kier alpha value is -0.120. The third-order valence-corrected chi connectivity index (χ3v) is 3.34. The minimum Gasteiger partial charge on any atom is -0.384 e. The summed E-state index contributed by atoms with van der Waals surface area (Å²) in [5.41, 5.74) is 5.76. The summed E-state index contributed by atoms with van der Waals surface area (Å²) < 4.78 is 5.20. The number of nitrogens with zero attached hydrogens (tertiary/aromatic N) is 1. The number of methoxy groups -OCH3 is 1. The van der Waals surface area contributed by atoms with Crippen LogP contribution in [0.25, 0.3) is 0 Å². The van der Waals surface area contributed by atoms with Crippen LogP contribution < -0.4 is 5.73 Å². The lowest BCUT2D eigenvalue weighted by Gasteiger charge is -2.23. The van der Waals surface area contributed by atoms with E-state index in [1.54, 1.807) is 7.11 Å². The Balaban J connectivity index is 2.39. The molecule has 0 aliphatic carbocycles. The second-order valence-electron chi connectivity index (χ2n) is 4.59. The zero-order valence-corrected chi connectivity index (χ0v) is 9.70. The minimum atomic E-state index is 0.545. The topological polar surface area (TPSA) is 38.5 Å². The maximum atomic E-state index is 5.76. The van der Waals surface area contributed by atoms with Crippen molar-refractivity contribution in [1.29, 1.82) is 0 Å². The highest BCUT2D eigenvalue weighted by Gasteiger charge is 2.29. The Morgan fingerprint density at radius 2 is 2.21 bits per heavy atom. The number of hydrogen-bond donors (Lipinski definition) is 1. The second kappa shape index (κ2) is 5.69. The van der Waals surface area contributed by atoms with Crippen molar-refractivity contribution in [3.8, 4) is 0 Å². The first-order chi connectivity index (χ1) is 6.69. The van der Waals surface area contributed by atoms with Crippen molar-refractivity contribution in [1.82, 2.24) is 4.90 Å². The van der Waals surface area contributed by atoms with Crippen molar-refractivity contribution < 1.29 is 4.74 Å². The van der Waals surface area contributed by atoms with Gasteiger partial charge in [0.2, 0.25) is 0 Å². The molecule has 2 unspecified atom stereocenters. The van der Waals surface area contributed by atoms with Crippen LogP contribution in [-0.4, -0.2) is 44.3 Å². The van der Waals surface area contributed by atoms with Crippen molar-refractivity contribution in [2.75, 3.05) is 33.4 Å². The SMILES string of the molecule is COCC(CN)C1CCN(C(C)C)C1. The molecular weight excluding hydrogens is 176 g/mol. The summed E-state index contributed by atoms with van der Waals surface area (Å²) in [5.74, 6) is 1.28. The largest absolute Gasteiger partial charge is 0.384 e. The number of ether oxygens (including phenoxy) is 1. The monoisotopic (exact) mass is 200 g/mol. The predicted molar refractivity (Wildman–Crippen MR) is 59.2 cm³/mol. The van der Waals surface area contributed by atoms with E-state index in [-0.39, 0.29) is 0 Å². The molecule has 3 nitrogen and oxygen atoms in total. The fraction of sp³-hybridized carbons (Fsp3) is 1.00. The van der Waals surface area contributed by atoms with Gasteiger partial charge in [-0.1, -0.05) is 0 Å². The summed E-state index contributed by atoms with van der Waals surface area (Å²) in [5, 5.41) is 0. The fourth-order valence-electron chi connectivity index (χ4n) is 2.28. The summed E-state index contributed by atoms with van der Waals surface area (Å²) in [6.45, 7) is 8.51. The number of hydrogen-bond acceptors (Lipinski definition) is 3. The van der Waals surface area contributed by atoms with E-state index in [9.17, 15) is 0 Å². The zero-order chi connectivity index (χ0) is 10.6. The molecule has 14 heavy (non-hydrogen) atoms. The molecule has 1 fully saturated rings. The standard InChI is InChI=1S/C11H24N2O/c1-9(2)13-5-4-10(7-13)11(6-12)8-14-3/h9-11H,4-8,12H2,1-3H3. The van der Waals surface area contributed by atoms with Crippen molar-refractivity contribution in [2.24, 2.45) is 17.6 Å². The molecule has 0 aromatic heterocycles. The van der Waals surface area contributed by atoms with E-state index in [0.717, 1.165) is 19.1 Å². The van der Waals surface area contributed by atoms with Crippen LogP contribution in [-0.2, 0) is 4.74 Å². The van der Waals surface area contributed by atoms with Gasteiger partial charge in [0.05, 0.1) is 6.61 Å². The van der Waals surface area contributed by atoms with Gasteiger partial charge in [-0.25, -0.2) is 0 Å². The summed E-state index contributed by atoms with van der Waals surface area (Å²) in [6, 6.07) is 0.668. The Kier molecular flexibility index (Phi) is 4.85. The maximum absolute atomic E-state index is 5.76. The quantitative estimate of drug-likeness (QED) is 0.718. The molecule has 0 saturated carbocycles. The van der Waals surface area contributed by atoms with E-state index in [2.05, 4.69) is 18.7 Å². The van der Waals surface area contributed by atoms with Crippen LogP contribution in [0.3, 0.4) is 0 Å². The van der Waals surface area contributed by atoms with Crippen LogP contribution in [0, 0.1) is 11.8 Å². The van der Waals surface area contributed by atoms with Gasteiger partial charge in [0.15, 0.2) is 0 Å². The second-order valence-corrected chi connectivity index (χ2v) is 4.59. The normalized spacial score (nSPS) is 25.9. The molecule has 1 saturated heterocycles. The lowest BCUT2D eigenvalue weighted by molar-refractivity contribution is 0.123. The van der Waals surface area contributed by atoms with E-state index >= 15 is 0 Å². The molecule has 0 amide bonds. The lowest BCUT2D eigenvalue weighted by atomic mass is 9.92. The molecule has 0 aromatic rings. The predicted octanol–water partition coefficient (Wildman–Crippen LogP) is 0.938. The molecular formula is C11H24N2O. The van der Waals surface area contributed by atoms with Crippen LogP contribution in [0.1, 0.15) is 20.3 Å². The van der Waals surface area contributed by atoms with Crippen molar-refractivity contribution >= 4 is 0 Å². The Morgan fingerprint density at radius 3 is 2.64 bits per heavy atom. The zero-order valence-electron chi connectivity index (χ0n) is 9.70. The molecule has 84 valence electrons. The Labute approximate surface area is 87.6 Å². The molecule has 2 N–H and O–H groups in total. The lowest BCUT2D eigenvalue weighted by Crippen LogP contribution is -2.32. The first-order valence-corrected chi connectivity index (χ1v) is 5.62. The first kappa shape index (κ1) is 12.0. The highest BCUT2D eigenvalue weighted by molar-refractivity contribution is 4.82. The van der Waals surface area contributed by atoms with Gasteiger partial charge in [0, 0.05) is 19.7 Å². The van der Waals surface area contributed by atoms with Crippen LogP contribution in [0.5, 0.6) is 0 Å². The van der Waals surface area contributed by atoms with Crippen molar-refractivity contribution in [2.45, 2.75) is 26.3 Å². The van der Waals surface area contributed by atoms with Gasteiger partial charge in [-0.2, -0.15) is 0 Å². The third-order valence-electron chi connectivity index (χ3n) is 3.34. The van der Waals surface area contributed by atoms with Gasteiger partial charge in [-0.3, -0.25) is 0 Å². The molecule has 2 atom stereocenters. The van der Waals surface area contributed by atoms with Crippen molar-refractivity contribution in [3.05, 3.63) is 0 Å². The molecule has 0 aromatic carbocycles. The molecule has 1 rings (SSSR count). The van der Waals surface area contributed by atoms with Gasteiger partial charge >= 0.3 is 0 Å². The van der Waals surface area contributed by atoms with E-state index in [1.807, 2.05) is 0 Å². The highest BCUT2D eigenvalue weighted by Crippen LogP contribution is 2.25. The maximum Gasteiger partial charge on any atom is 0.0505 e. The summed E-state index contributed by atoms with van der Waals surface area (Å²) in [6.07, 6.45) is 1.28. The van der Waals surface area contributed by atoms with Gasteiger partial charge in [-0.05, 0) is 45.2 Å². The first-order valence-electron chi connectivity index (χ1n) is 5.62. The van der Waals surface area contributed by atoms with Crippen molar-refractivity contribution in [3.63, 3.8) is 0 Å². The number of rotatable bonds is 5. The van der Waals surface area contributed by atoms with E-state index in [4.69, 9.17) is 10.5 Å². The van der Waals surface area contributed by atoms with Crippen LogP contribution >= 0.6 is 0 Å². The van der Waals surface area contributed by atoms with Gasteiger partial charge in [-0.15, -0.1) is 0 Å². The average Bonchev–Trinajstić information content (AvgIpc) is 2.63. The van der Waals surface area contributed by atoms with Gasteiger partial charge < -0.3 is 15.4 Å².